The molecule has 1 aliphatic rings. The van der Waals surface area contributed by atoms with E-state index in [-0.39, 0.29) is 12.4 Å². The summed E-state index contributed by atoms with van der Waals surface area (Å²) in [6.45, 7) is 0.278. The third-order valence-corrected chi connectivity index (χ3v) is 5.09. The van der Waals surface area contributed by atoms with Crippen LogP contribution < -0.4 is 0 Å². The molecule has 2 aromatic rings. The largest absolute Gasteiger partial charge is 0.396 e. The third-order valence-electron chi connectivity index (χ3n) is 5.09. The van der Waals surface area contributed by atoms with Crippen molar-refractivity contribution in [1.29, 1.82) is 0 Å². The van der Waals surface area contributed by atoms with Gasteiger partial charge in [-0.25, -0.2) is 4.39 Å². The van der Waals surface area contributed by atoms with Crippen molar-refractivity contribution in [3.8, 4) is 0 Å². The molecule has 0 saturated carbocycles. The summed E-state index contributed by atoms with van der Waals surface area (Å²) in [5.41, 5.74) is 6.50. The Bertz CT molecular complexity index is 732. The molecular formula is C23H27FO. The molecule has 0 radical (unpaired) electrons. The van der Waals surface area contributed by atoms with Gasteiger partial charge >= 0.3 is 0 Å². The Labute approximate surface area is 150 Å². The quantitative estimate of drug-likeness (QED) is 0.612. The van der Waals surface area contributed by atoms with Gasteiger partial charge in [0, 0.05) is 6.61 Å². The van der Waals surface area contributed by atoms with Crippen molar-refractivity contribution in [3.05, 3.63) is 71.0 Å². The lowest BCUT2D eigenvalue weighted by Gasteiger charge is -2.16. The molecular weight excluding hydrogens is 311 g/mol. The summed E-state index contributed by atoms with van der Waals surface area (Å²) < 4.78 is 13.8. The molecule has 1 aliphatic carbocycles. The van der Waals surface area contributed by atoms with Gasteiger partial charge < -0.3 is 5.11 Å². The molecule has 0 bridgehead atoms. The first kappa shape index (κ1) is 17.9. The van der Waals surface area contributed by atoms with Gasteiger partial charge in [0.1, 0.15) is 5.82 Å². The Hall–Kier alpha value is -1.93. The topological polar surface area (TPSA) is 20.2 Å². The van der Waals surface area contributed by atoms with Gasteiger partial charge in [-0.05, 0) is 78.5 Å². The maximum Gasteiger partial charge on any atom is 0.123 e. The fourth-order valence-electron chi connectivity index (χ4n) is 3.85. The summed E-state index contributed by atoms with van der Waals surface area (Å²) in [7, 11) is 0. The number of unbranched alkanes of at least 4 members (excludes halogenated alkanes) is 3. The molecule has 1 nitrogen and oxygen atoms in total. The van der Waals surface area contributed by atoms with E-state index >= 15 is 0 Å². The Morgan fingerprint density at radius 2 is 1.72 bits per heavy atom. The normalized spacial score (nSPS) is 14.3. The van der Waals surface area contributed by atoms with Crippen LogP contribution in [0.25, 0.3) is 11.1 Å². The summed E-state index contributed by atoms with van der Waals surface area (Å²) in [5, 5.41) is 8.95. The number of allylic oxidation sites excluding steroid dienone is 2. The number of hydrogen-bond donors (Lipinski definition) is 1. The molecule has 25 heavy (non-hydrogen) atoms. The maximum atomic E-state index is 13.8. The van der Waals surface area contributed by atoms with Crippen LogP contribution in [0.2, 0.25) is 0 Å². The average Bonchev–Trinajstić information content (AvgIpc) is 2.81. The van der Waals surface area contributed by atoms with Crippen LogP contribution >= 0.6 is 0 Å². The Morgan fingerprint density at radius 1 is 0.880 bits per heavy atom. The van der Waals surface area contributed by atoms with Gasteiger partial charge in [-0.2, -0.15) is 0 Å². The van der Waals surface area contributed by atoms with Crippen LogP contribution in [0, 0.1) is 5.82 Å². The van der Waals surface area contributed by atoms with Crippen LogP contribution in [0.3, 0.4) is 0 Å². The molecule has 3 rings (SSSR count). The smallest absolute Gasteiger partial charge is 0.123 e. The molecule has 2 aromatic carbocycles. The predicted molar refractivity (Wildman–Crippen MR) is 103 cm³/mol. The van der Waals surface area contributed by atoms with E-state index in [2.05, 4.69) is 24.3 Å². The Balaban J connectivity index is 1.95. The Kier molecular flexibility index (Phi) is 6.41. The van der Waals surface area contributed by atoms with E-state index in [0.29, 0.717) is 0 Å². The van der Waals surface area contributed by atoms with E-state index in [1.807, 2.05) is 12.1 Å². The van der Waals surface area contributed by atoms with Gasteiger partial charge in [0.25, 0.3) is 0 Å². The van der Waals surface area contributed by atoms with Gasteiger partial charge in [0.05, 0.1) is 0 Å². The highest BCUT2D eigenvalue weighted by atomic mass is 19.1. The second-order valence-corrected chi connectivity index (χ2v) is 6.87. The lowest BCUT2D eigenvalue weighted by Crippen LogP contribution is -1.95. The zero-order valence-electron chi connectivity index (χ0n) is 14.8. The molecule has 132 valence electrons. The number of aryl methyl sites for hydroxylation is 1. The lowest BCUT2D eigenvalue weighted by atomic mass is 9.89. The molecule has 2 heteroatoms. The zero-order chi connectivity index (χ0) is 17.5. The van der Waals surface area contributed by atoms with Crippen LogP contribution in [-0.4, -0.2) is 11.7 Å². The minimum Gasteiger partial charge on any atom is -0.396 e. The second kappa shape index (κ2) is 8.96. The van der Waals surface area contributed by atoms with E-state index in [1.165, 1.54) is 28.3 Å². The van der Waals surface area contributed by atoms with E-state index in [0.717, 1.165) is 56.9 Å². The summed E-state index contributed by atoms with van der Waals surface area (Å²) >= 11 is 0. The van der Waals surface area contributed by atoms with E-state index < -0.39 is 0 Å². The predicted octanol–water partition coefficient (Wildman–Crippen LogP) is 6.02. The van der Waals surface area contributed by atoms with Gasteiger partial charge in [0.2, 0.25) is 0 Å². The molecule has 0 aromatic heterocycles. The molecule has 0 fully saturated rings. The number of hydrogen-bond acceptors (Lipinski definition) is 1. The molecule has 1 N–H and O–H groups in total. The third kappa shape index (κ3) is 4.58. The van der Waals surface area contributed by atoms with Crippen molar-refractivity contribution in [2.24, 2.45) is 0 Å². The summed E-state index contributed by atoms with van der Waals surface area (Å²) in [4.78, 5) is 0. The van der Waals surface area contributed by atoms with E-state index in [4.69, 9.17) is 5.11 Å². The van der Waals surface area contributed by atoms with Gasteiger partial charge in [-0.15, -0.1) is 0 Å². The lowest BCUT2D eigenvalue weighted by molar-refractivity contribution is 0.282. The standard InChI is InChI=1S/C23H27FO/c24-20-12-7-11-19(17-20)22-15-8-10-18-9-4-5-13-21(18)23(22)14-3-1-2-6-16-25/h4-5,7,9,11-13,17,25H,1-3,6,8,10,14-16H2. The zero-order valence-corrected chi connectivity index (χ0v) is 14.8. The minimum atomic E-state index is -0.162. The highest BCUT2D eigenvalue weighted by molar-refractivity contribution is 5.92. The molecule has 0 heterocycles. The maximum absolute atomic E-state index is 13.8. The number of aliphatic hydroxyl groups is 1. The first-order valence-electron chi connectivity index (χ1n) is 9.46. The second-order valence-electron chi connectivity index (χ2n) is 6.87. The Morgan fingerprint density at radius 3 is 2.56 bits per heavy atom. The van der Waals surface area contributed by atoms with Crippen LogP contribution in [0.15, 0.2) is 48.5 Å². The van der Waals surface area contributed by atoms with Crippen LogP contribution in [0.4, 0.5) is 4.39 Å². The van der Waals surface area contributed by atoms with E-state index in [9.17, 15) is 4.39 Å². The van der Waals surface area contributed by atoms with Gasteiger partial charge in [-0.1, -0.05) is 49.2 Å². The summed E-state index contributed by atoms with van der Waals surface area (Å²) in [5.74, 6) is -0.162. The number of benzene rings is 2. The first-order chi connectivity index (χ1) is 12.3. The van der Waals surface area contributed by atoms with Crippen LogP contribution in [0.1, 0.15) is 61.6 Å². The fourth-order valence-corrected chi connectivity index (χ4v) is 3.85. The fraction of sp³-hybridized carbons (Fsp3) is 0.391. The average molecular weight is 338 g/mol. The van der Waals surface area contributed by atoms with Gasteiger partial charge in [-0.3, -0.25) is 0 Å². The van der Waals surface area contributed by atoms with Crippen molar-refractivity contribution in [1.82, 2.24) is 0 Å². The van der Waals surface area contributed by atoms with E-state index in [1.54, 1.807) is 6.07 Å². The highest BCUT2D eigenvalue weighted by Crippen LogP contribution is 2.38. The molecule has 0 aliphatic heterocycles. The number of rotatable bonds is 7. The molecule has 0 spiro atoms. The van der Waals surface area contributed by atoms with Crippen molar-refractivity contribution >= 4 is 11.1 Å². The van der Waals surface area contributed by atoms with Crippen molar-refractivity contribution in [3.63, 3.8) is 0 Å². The highest BCUT2D eigenvalue weighted by Gasteiger charge is 2.18. The number of aliphatic hydroxyl groups excluding tert-OH is 1. The first-order valence-corrected chi connectivity index (χ1v) is 9.46. The van der Waals surface area contributed by atoms with Crippen LogP contribution in [-0.2, 0) is 6.42 Å². The minimum absolute atomic E-state index is 0.162. The van der Waals surface area contributed by atoms with Crippen molar-refractivity contribution < 1.29 is 9.50 Å². The van der Waals surface area contributed by atoms with Crippen molar-refractivity contribution in [2.75, 3.05) is 6.61 Å². The molecule has 0 amide bonds. The SMILES string of the molecule is OCCCCCCC1=C(c2cccc(F)c2)CCCc2ccccc21. The number of halogens is 1. The van der Waals surface area contributed by atoms with Crippen LogP contribution in [0.5, 0.6) is 0 Å². The van der Waals surface area contributed by atoms with Crippen molar-refractivity contribution in [2.45, 2.75) is 51.4 Å². The molecule has 0 atom stereocenters. The number of fused-ring (bicyclic) bond motifs is 1. The molecule has 0 unspecified atom stereocenters. The summed E-state index contributed by atoms with van der Waals surface area (Å²) in [6.07, 6.45) is 8.41. The molecule has 0 saturated heterocycles. The van der Waals surface area contributed by atoms with Gasteiger partial charge in [0.15, 0.2) is 0 Å². The monoisotopic (exact) mass is 338 g/mol. The summed E-state index contributed by atoms with van der Waals surface area (Å²) in [6, 6.07) is 15.7.